The van der Waals surface area contributed by atoms with Gasteiger partial charge in [-0.1, -0.05) is 6.07 Å². The Hall–Kier alpha value is -2.43. The minimum atomic E-state index is -0.362. The average Bonchev–Trinajstić information content (AvgIpc) is 2.32. The molecule has 5 heteroatoms. The Labute approximate surface area is 97.5 Å². The molecule has 0 fully saturated rings. The van der Waals surface area contributed by atoms with Crippen LogP contribution in [0.1, 0.15) is 16.1 Å². The maximum absolute atomic E-state index is 11.8. The average molecular weight is 229 g/mol. The summed E-state index contributed by atoms with van der Waals surface area (Å²) in [6.07, 6.45) is 3.21. The fourth-order valence-electron chi connectivity index (χ4n) is 1.36. The van der Waals surface area contributed by atoms with E-state index in [-0.39, 0.29) is 17.2 Å². The van der Waals surface area contributed by atoms with Crippen molar-refractivity contribution in [2.45, 2.75) is 6.92 Å². The van der Waals surface area contributed by atoms with E-state index in [4.69, 9.17) is 0 Å². The lowest BCUT2D eigenvalue weighted by molar-refractivity contribution is 0.102. The van der Waals surface area contributed by atoms with Gasteiger partial charge in [0, 0.05) is 12.3 Å². The minimum absolute atomic E-state index is 0.223. The number of carbonyl (C=O) groups excluding carboxylic acids is 1. The summed E-state index contributed by atoms with van der Waals surface area (Å²) in [5.41, 5.74) is 1.45. The number of aromatic amines is 1. The van der Waals surface area contributed by atoms with Crippen LogP contribution in [0.15, 0.2) is 41.5 Å². The molecule has 0 atom stereocenters. The van der Waals surface area contributed by atoms with Gasteiger partial charge in [-0.2, -0.15) is 0 Å². The second-order valence-corrected chi connectivity index (χ2v) is 3.57. The number of hydrogen-bond acceptors (Lipinski definition) is 3. The third-order valence-electron chi connectivity index (χ3n) is 2.30. The first kappa shape index (κ1) is 11.1. The van der Waals surface area contributed by atoms with Crippen LogP contribution in [-0.2, 0) is 0 Å². The second kappa shape index (κ2) is 4.61. The second-order valence-electron chi connectivity index (χ2n) is 3.57. The number of nitrogens with zero attached hydrogens (tertiary/aromatic N) is 1. The predicted octanol–water partition coefficient (Wildman–Crippen LogP) is 1.33. The highest BCUT2D eigenvalue weighted by Gasteiger charge is 2.07. The normalized spacial score (nSPS) is 9.94. The van der Waals surface area contributed by atoms with Crippen LogP contribution in [0.2, 0.25) is 0 Å². The molecule has 0 unspecified atom stereocenters. The molecule has 2 aromatic rings. The number of hydrogen-bond donors (Lipinski definition) is 2. The summed E-state index contributed by atoms with van der Waals surface area (Å²) in [4.78, 5) is 29.3. The number of anilines is 1. The fraction of sp³-hybridized carbons (Fsp3) is 0.0833. The molecule has 17 heavy (non-hydrogen) atoms. The molecule has 0 aliphatic rings. The predicted molar refractivity (Wildman–Crippen MR) is 64.0 cm³/mol. The smallest absolute Gasteiger partial charge is 0.272 e. The van der Waals surface area contributed by atoms with Crippen LogP contribution >= 0.6 is 0 Å². The molecule has 2 rings (SSSR count). The maximum atomic E-state index is 11.8. The van der Waals surface area contributed by atoms with Crippen molar-refractivity contribution in [1.82, 2.24) is 9.97 Å². The number of aromatic nitrogens is 2. The fourth-order valence-corrected chi connectivity index (χ4v) is 1.36. The van der Waals surface area contributed by atoms with Gasteiger partial charge < -0.3 is 10.3 Å². The number of pyridine rings is 2. The first-order valence-corrected chi connectivity index (χ1v) is 5.08. The van der Waals surface area contributed by atoms with E-state index in [0.29, 0.717) is 5.69 Å². The lowest BCUT2D eigenvalue weighted by Gasteiger charge is -2.06. The lowest BCUT2D eigenvalue weighted by atomic mass is 10.2. The third-order valence-corrected chi connectivity index (χ3v) is 2.30. The molecule has 0 radical (unpaired) electrons. The van der Waals surface area contributed by atoms with Crippen molar-refractivity contribution in [2.75, 3.05) is 5.32 Å². The summed E-state index contributed by atoms with van der Waals surface area (Å²) in [5.74, 6) is -0.362. The van der Waals surface area contributed by atoms with E-state index in [1.54, 1.807) is 24.5 Å². The zero-order valence-corrected chi connectivity index (χ0v) is 9.23. The molecular formula is C12H11N3O2. The summed E-state index contributed by atoms with van der Waals surface area (Å²) in [7, 11) is 0. The monoisotopic (exact) mass is 229 g/mol. The number of H-pyrrole nitrogens is 1. The van der Waals surface area contributed by atoms with Crippen molar-refractivity contribution in [3.63, 3.8) is 0 Å². The number of carbonyl (C=O) groups is 1. The first-order valence-electron chi connectivity index (χ1n) is 5.08. The molecule has 5 nitrogen and oxygen atoms in total. The Bertz CT molecular complexity index is 604. The SMILES string of the molecule is Cc1ccncc1NC(=O)c1cccc(=O)[nH]1. The molecule has 0 bridgehead atoms. The first-order chi connectivity index (χ1) is 8.16. The van der Waals surface area contributed by atoms with Gasteiger partial charge in [-0.05, 0) is 24.6 Å². The van der Waals surface area contributed by atoms with Gasteiger partial charge in [-0.3, -0.25) is 14.6 Å². The molecule has 2 aromatic heterocycles. The van der Waals surface area contributed by atoms with E-state index >= 15 is 0 Å². The molecule has 0 saturated heterocycles. The number of rotatable bonds is 2. The molecule has 2 N–H and O–H groups in total. The molecule has 86 valence electrons. The van der Waals surface area contributed by atoms with E-state index in [9.17, 15) is 9.59 Å². The third kappa shape index (κ3) is 2.57. The number of nitrogens with one attached hydrogen (secondary N) is 2. The van der Waals surface area contributed by atoms with Crippen LogP contribution in [0.4, 0.5) is 5.69 Å². The van der Waals surface area contributed by atoms with Gasteiger partial charge in [0.25, 0.3) is 5.91 Å². The molecule has 0 spiro atoms. The van der Waals surface area contributed by atoms with Gasteiger partial charge >= 0.3 is 0 Å². The topological polar surface area (TPSA) is 74.8 Å². The van der Waals surface area contributed by atoms with E-state index in [2.05, 4.69) is 15.3 Å². The quantitative estimate of drug-likeness (QED) is 0.815. The van der Waals surface area contributed by atoms with Crippen LogP contribution in [0.5, 0.6) is 0 Å². The summed E-state index contributed by atoms with van der Waals surface area (Å²) in [5, 5.41) is 2.68. The zero-order chi connectivity index (χ0) is 12.3. The standard InChI is InChI=1S/C12H11N3O2/c1-8-5-6-13-7-10(8)15-12(17)9-3-2-4-11(16)14-9/h2-7H,1H3,(H,14,16)(H,15,17). The van der Waals surface area contributed by atoms with E-state index in [0.717, 1.165) is 5.56 Å². The van der Waals surface area contributed by atoms with Crippen molar-refractivity contribution in [1.29, 1.82) is 0 Å². The highest BCUT2D eigenvalue weighted by Crippen LogP contribution is 2.12. The Kier molecular flexibility index (Phi) is 3.00. The van der Waals surface area contributed by atoms with Gasteiger partial charge in [-0.25, -0.2) is 0 Å². The van der Waals surface area contributed by atoms with E-state index in [1.807, 2.05) is 6.92 Å². The van der Waals surface area contributed by atoms with Crippen LogP contribution in [0, 0.1) is 6.92 Å². The van der Waals surface area contributed by atoms with Crippen molar-refractivity contribution < 1.29 is 4.79 Å². The van der Waals surface area contributed by atoms with E-state index in [1.165, 1.54) is 12.1 Å². The summed E-state index contributed by atoms with van der Waals surface area (Å²) in [6.45, 7) is 1.87. The summed E-state index contributed by atoms with van der Waals surface area (Å²) < 4.78 is 0. The van der Waals surface area contributed by atoms with Crippen LogP contribution in [-0.4, -0.2) is 15.9 Å². The highest BCUT2D eigenvalue weighted by atomic mass is 16.2. The van der Waals surface area contributed by atoms with Crippen molar-refractivity contribution in [3.05, 3.63) is 58.3 Å². The van der Waals surface area contributed by atoms with Gasteiger partial charge in [0.05, 0.1) is 11.9 Å². The molecular weight excluding hydrogens is 218 g/mol. The van der Waals surface area contributed by atoms with Gasteiger partial charge in [0.15, 0.2) is 0 Å². The van der Waals surface area contributed by atoms with Crippen LogP contribution in [0.25, 0.3) is 0 Å². The van der Waals surface area contributed by atoms with Crippen molar-refractivity contribution in [3.8, 4) is 0 Å². The lowest BCUT2D eigenvalue weighted by Crippen LogP contribution is -2.18. The molecule has 0 saturated carbocycles. The molecule has 0 aliphatic heterocycles. The largest absolute Gasteiger partial charge is 0.319 e. The Morgan fingerprint density at radius 1 is 1.35 bits per heavy atom. The van der Waals surface area contributed by atoms with Gasteiger partial charge in [0.1, 0.15) is 5.69 Å². The molecule has 0 aromatic carbocycles. The highest BCUT2D eigenvalue weighted by molar-refractivity contribution is 6.03. The molecule has 0 aliphatic carbocycles. The summed E-state index contributed by atoms with van der Waals surface area (Å²) in [6, 6.07) is 6.22. The minimum Gasteiger partial charge on any atom is -0.319 e. The van der Waals surface area contributed by atoms with Gasteiger partial charge in [-0.15, -0.1) is 0 Å². The van der Waals surface area contributed by atoms with Crippen molar-refractivity contribution in [2.24, 2.45) is 0 Å². The molecule has 1 amide bonds. The summed E-state index contributed by atoms with van der Waals surface area (Å²) >= 11 is 0. The number of aryl methyl sites for hydroxylation is 1. The van der Waals surface area contributed by atoms with Crippen molar-refractivity contribution >= 4 is 11.6 Å². The van der Waals surface area contributed by atoms with Crippen LogP contribution < -0.4 is 10.9 Å². The van der Waals surface area contributed by atoms with E-state index < -0.39 is 0 Å². The Morgan fingerprint density at radius 2 is 2.18 bits per heavy atom. The number of amides is 1. The zero-order valence-electron chi connectivity index (χ0n) is 9.23. The van der Waals surface area contributed by atoms with Crippen LogP contribution in [0.3, 0.4) is 0 Å². The maximum Gasteiger partial charge on any atom is 0.272 e. The van der Waals surface area contributed by atoms with Gasteiger partial charge in [0.2, 0.25) is 5.56 Å². The Balaban J connectivity index is 2.23. The molecule has 2 heterocycles. The Morgan fingerprint density at radius 3 is 2.88 bits per heavy atom.